The van der Waals surface area contributed by atoms with Crippen molar-refractivity contribution < 1.29 is 9.53 Å². The van der Waals surface area contributed by atoms with E-state index in [0.29, 0.717) is 19.1 Å². The van der Waals surface area contributed by atoms with Gasteiger partial charge in [-0.1, -0.05) is 12.8 Å². The molecule has 1 heterocycles. The number of hydrogen-bond acceptors (Lipinski definition) is 4. The van der Waals surface area contributed by atoms with Gasteiger partial charge in [-0.2, -0.15) is 0 Å². The number of nitrogens with zero attached hydrogens (tertiary/aromatic N) is 1. The first-order chi connectivity index (χ1) is 9.27. The van der Waals surface area contributed by atoms with Crippen LogP contribution in [0.1, 0.15) is 51.9 Å². The van der Waals surface area contributed by atoms with Gasteiger partial charge < -0.3 is 10.1 Å². The summed E-state index contributed by atoms with van der Waals surface area (Å²) in [6.45, 7) is 5.87. The zero-order valence-corrected chi connectivity index (χ0v) is 12.6. The number of rotatable bonds is 9. The van der Waals surface area contributed by atoms with Gasteiger partial charge in [0.25, 0.3) is 0 Å². The molecule has 0 saturated carbocycles. The van der Waals surface area contributed by atoms with Crippen LogP contribution in [0.3, 0.4) is 0 Å². The van der Waals surface area contributed by atoms with Crippen molar-refractivity contribution in [1.29, 1.82) is 0 Å². The van der Waals surface area contributed by atoms with Crippen molar-refractivity contribution in [2.75, 3.05) is 33.3 Å². The van der Waals surface area contributed by atoms with Crippen LogP contribution in [0.4, 0.5) is 0 Å². The summed E-state index contributed by atoms with van der Waals surface area (Å²) in [5.41, 5.74) is 0. The highest BCUT2D eigenvalue weighted by atomic mass is 16.5. The van der Waals surface area contributed by atoms with E-state index in [-0.39, 0.29) is 5.97 Å². The molecule has 1 rings (SSSR count). The largest absolute Gasteiger partial charge is 0.466 e. The summed E-state index contributed by atoms with van der Waals surface area (Å²) in [6.07, 6.45) is 7.89. The fraction of sp³-hybridized carbons (Fsp3) is 0.933. The van der Waals surface area contributed by atoms with Gasteiger partial charge in [0.1, 0.15) is 0 Å². The van der Waals surface area contributed by atoms with Crippen molar-refractivity contribution in [1.82, 2.24) is 10.2 Å². The van der Waals surface area contributed by atoms with Gasteiger partial charge in [0, 0.05) is 19.0 Å². The molecule has 0 aromatic heterocycles. The Morgan fingerprint density at radius 2 is 2.16 bits per heavy atom. The van der Waals surface area contributed by atoms with Crippen LogP contribution < -0.4 is 5.32 Å². The molecule has 0 spiro atoms. The zero-order valence-electron chi connectivity index (χ0n) is 12.6. The molecule has 0 aliphatic carbocycles. The summed E-state index contributed by atoms with van der Waals surface area (Å²) >= 11 is 0. The van der Waals surface area contributed by atoms with Crippen molar-refractivity contribution in [2.24, 2.45) is 0 Å². The Hall–Kier alpha value is -0.610. The molecular formula is C15H30N2O2. The van der Waals surface area contributed by atoms with Crippen LogP contribution in [-0.4, -0.2) is 50.2 Å². The van der Waals surface area contributed by atoms with E-state index in [1.165, 1.54) is 38.8 Å². The van der Waals surface area contributed by atoms with Gasteiger partial charge in [0.2, 0.25) is 0 Å². The van der Waals surface area contributed by atoms with Gasteiger partial charge in [0.05, 0.1) is 6.61 Å². The molecule has 19 heavy (non-hydrogen) atoms. The molecule has 4 nitrogen and oxygen atoms in total. The summed E-state index contributed by atoms with van der Waals surface area (Å²) in [6, 6.07) is 0.712. The van der Waals surface area contributed by atoms with E-state index >= 15 is 0 Å². The van der Waals surface area contributed by atoms with Crippen LogP contribution in [0.15, 0.2) is 0 Å². The first-order valence-electron chi connectivity index (χ1n) is 7.82. The Morgan fingerprint density at radius 3 is 2.89 bits per heavy atom. The zero-order chi connectivity index (χ0) is 13.9. The third-order valence-electron chi connectivity index (χ3n) is 3.82. The van der Waals surface area contributed by atoms with Crippen molar-refractivity contribution in [3.05, 3.63) is 0 Å². The maximum absolute atomic E-state index is 11.2. The van der Waals surface area contributed by atoms with Gasteiger partial charge in [-0.15, -0.1) is 0 Å². The number of unbranched alkanes of at least 4 members (excludes halogenated alkanes) is 2. The predicted molar refractivity (Wildman–Crippen MR) is 78.2 cm³/mol. The molecule has 1 N–H and O–H groups in total. The number of piperidine rings is 1. The molecule has 112 valence electrons. The molecule has 1 unspecified atom stereocenters. The van der Waals surface area contributed by atoms with E-state index in [1.54, 1.807) is 0 Å². The number of carbonyl (C=O) groups excluding carboxylic acids is 1. The van der Waals surface area contributed by atoms with Crippen molar-refractivity contribution in [3.63, 3.8) is 0 Å². The van der Waals surface area contributed by atoms with E-state index in [1.807, 2.05) is 14.0 Å². The molecule has 1 fully saturated rings. The smallest absolute Gasteiger partial charge is 0.305 e. The summed E-state index contributed by atoms with van der Waals surface area (Å²) in [7, 11) is 2.03. The van der Waals surface area contributed by atoms with Gasteiger partial charge >= 0.3 is 5.97 Å². The number of esters is 1. The summed E-state index contributed by atoms with van der Waals surface area (Å²) in [5, 5.41) is 3.30. The van der Waals surface area contributed by atoms with E-state index < -0.39 is 0 Å². The Bertz CT molecular complexity index is 244. The second-order valence-corrected chi connectivity index (χ2v) is 5.36. The molecule has 4 heteroatoms. The van der Waals surface area contributed by atoms with Crippen molar-refractivity contribution in [2.45, 2.75) is 57.9 Å². The maximum Gasteiger partial charge on any atom is 0.305 e. The summed E-state index contributed by atoms with van der Waals surface area (Å²) in [5.74, 6) is -0.0477. The van der Waals surface area contributed by atoms with E-state index in [2.05, 4.69) is 10.2 Å². The fourth-order valence-electron chi connectivity index (χ4n) is 2.82. The fourth-order valence-corrected chi connectivity index (χ4v) is 2.82. The molecule has 1 aliphatic heterocycles. The van der Waals surface area contributed by atoms with Gasteiger partial charge in [-0.3, -0.25) is 9.69 Å². The SMILES string of the molecule is CCOC(=O)CCCCCN1CCCCC1CNC. The average molecular weight is 270 g/mol. The quantitative estimate of drug-likeness (QED) is 0.515. The maximum atomic E-state index is 11.2. The van der Waals surface area contributed by atoms with Crippen LogP contribution >= 0.6 is 0 Å². The molecule has 0 bridgehead atoms. The second-order valence-electron chi connectivity index (χ2n) is 5.36. The van der Waals surface area contributed by atoms with Crippen LogP contribution in [0.5, 0.6) is 0 Å². The number of ether oxygens (including phenoxy) is 1. The lowest BCUT2D eigenvalue weighted by molar-refractivity contribution is -0.143. The lowest BCUT2D eigenvalue weighted by Crippen LogP contribution is -2.45. The van der Waals surface area contributed by atoms with E-state index in [0.717, 1.165) is 19.4 Å². The van der Waals surface area contributed by atoms with Gasteiger partial charge in [-0.25, -0.2) is 0 Å². The summed E-state index contributed by atoms with van der Waals surface area (Å²) < 4.78 is 4.93. The molecule has 1 atom stereocenters. The molecule has 1 saturated heterocycles. The normalized spacial score (nSPS) is 20.4. The highest BCUT2D eigenvalue weighted by molar-refractivity contribution is 5.69. The van der Waals surface area contributed by atoms with Crippen LogP contribution in [0.2, 0.25) is 0 Å². The van der Waals surface area contributed by atoms with Crippen LogP contribution in [0.25, 0.3) is 0 Å². The lowest BCUT2D eigenvalue weighted by Gasteiger charge is -2.35. The minimum atomic E-state index is -0.0477. The molecule has 1 aliphatic rings. The standard InChI is InChI=1S/C15H30N2O2/c1-3-19-15(18)10-5-4-7-11-17-12-8-6-9-14(17)13-16-2/h14,16H,3-13H2,1-2H3. The molecule has 0 aromatic carbocycles. The number of hydrogen-bond donors (Lipinski definition) is 1. The topological polar surface area (TPSA) is 41.6 Å². The Balaban J connectivity index is 2.08. The van der Waals surface area contributed by atoms with Crippen molar-refractivity contribution >= 4 is 5.97 Å². The summed E-state index contributed by atoms with van der Waals surface area (Å²) in [4.78, 5) is 13.8. The lowest BCUT2D eigenvalue weighted by atomic mass is 10.0. The number of likely N-dealkylation sites (tertiary alicyclic amines) is 1. The molecule has 0 aromatic rings. The van der Waals surface area contributed by atoms with Gasteiger partial charge in [0.15, 0.2) is 0 Å². The van der Waals surface area contributed by atoms with E-state index in [4.69, 9.17) is 4.74 Å². The number of nitrogens with one attached hydrogen (secondary N) is 1. The van der Waals surface area contributed by atoms with Gasteiger partial charge in [-0.05, 0) is 52.7 Å². The first kappa shape index (κ1) is 16.4. The molecule has 0 amide bonds. The molecular weight excluding hydrogens is 240 g/mol. The third kappa shape index (κ3) is 6.92. The Morgan fingerprint density at radius 1 is 1.32 bits per heavy atom. The predicted octanol–water partition coefficient (Wildman–Crippen LogP) is 2.18. The minimum absolute atomic E-state index is 0.0477. The van der Waals surface area contributed by atoms with Crippen LogP contribution in [-0.2, 0) is 9.53 Å². The molecule has 0 radical (unpaired) electrons. The van der Waals surface area contributed by atoms with Crippen LogP contribution in [0, 0.1) is 0 Å². The Kier molecular flexibility index (Phi) is 8.84. The third-order valence-corrected chi connectivity index (χ3v) is 3.82. The van der Waals surface area contributed by atoms with Crippen molar-refractivity contribution in [3.8, 4) is 0 Å². The number of carbonyl (C=O) groups is 1. The minimum Gasteiger partial charge on any atom is -0.466 e. The number of likely N-dealkylation sites (N-methyl/N-ethyl adjacent to an activating group) is 1. The highest BCUT2D eigenvalue weighted by Crippen LogP contribution is 2.17. The average Bonchev–Trinajstić information content (AvgIpc) is 2.41. The second kappa shape index (κ2) is 10.2. The first-order valence-corrected chi connectivity index (χ1v) is 7.82. The highest BCUT2D eigenvalue weighted by Gasteiger charge is 2.20. The Labute approximate surface area is 117 Å². The monoisotopic (exact) mass is 270 g/mol. The van der Waals surface area contributed by atoms with E-state index in [9.17, 15) is 4.79 Å².